The van der Waals surface area contributed by atoms with E-state index in [1.165, 1.54) is 0 Å². The van der Waals surface area contributed by atoms with Crippen LogP contribution < -0.4 is 10.1 Å². The third kappa shape index (κ3) is 4.59. The minimum atomic E-state index is -0.541. The van der Waals surface area contributed by atoms with Gasteiger partial charge in [0.1, 0.15) is 5.75 Å². The molecule has 0 saturated heterocycles. The van der Waals surface area contributed by atoms with Crippen LogP contribution in [0.15, 0.2) is 54.6 Å². The number of rotatable bonds is 6. The molecule has 0 aromatic heterocycles. The zero-order valence-electron chi connectivity index (χ0n) is 14.2. The average Bonchev–Trinajstić information content (AvgIpc) is 2.55. The first kappa shape index (κ1) is 17.1. The summed E-state index contributed by atoms with van der Waals surface area (Å²) in [6, 6.07) is 17.7. The second kappa shape index (κ2) is 7.82. The second-order valence-corrected chi connectivity index (χ2v) is 6.09. The number of hydrogen-bond donors (Lipinski definition) is 1. The van der Waals surface area contributed by atoms with Crippen LogP contribution in [-0.4, -0.2) is 12.0 Å². The number of hydrogen-bond acceptors (Lipinski definition) is 2. The Labute approximate surface area is 138 Å². The maximum absolute atomic E-state index is 12.4. The zero-order chi connectivity index (χ0) is 16.8. The molecule has 2 aromatic rings. The van der Waals surface area contributed by atoms with E-state index in [0.29, 0.717) is 5.92 Å². The van der Waals surface area contributed by atoms with E-state index in [4.69, 9.17) is 4.74 Å². The molecule has 0 aliphatic heterocycles. The fourth-order valence-corrected chi connectivity index (χ4v) is 2.46. The largest absolute Gasteiger partial charge is 0.481 e. The summed E-state index contributed by atoms with van der Waals surface area (Å²) in [5.41, 5.74) is 2.19. The van der Waals surface area contributed by atoms with Crippen LogP contribution in [0.4, 0.5) is 0 Å². The average molecular weight is 311 g/mol. The Bertz CT molecular complexity index is 637. The lowest BCUT2D eigenvalue weighted by Gasteiger charge is -2.21. The molecule has 2 aromatic carbocycles. The SMILES string of the molecule is CC(C)c1ccccc1O[C@H](C)C(=O)N[C@@H](C)c1ccccc1. The lowest BCUT2D eigenvalue weighted by molar-refractivity contribution is -0.127. The third-order valence-corrected chi connectivity index (χ3v) is 3.87. The molecule has 3 heteroatoms. The van der Waals surface area contributed by atoms with Gasteiger partial charge in [0, 0.05) is 0 Å². The van der Waals surface area contributed by atoms with Gasteiger partial charge in [-0.05, 0) is 37.0 Å². The molecule has 0 saturated carbocycles. The van der Waals surface area contributed by atoms with Crippen molar-refractivity contribution in [2.45, 2.75) is 45.8 Å². The molecule has 2 atom stereocenters. The Morgan fingerprint density at radius 3 is 2.17 bits per heavy atom. The fraction of sp³-hybridized carbons (Fsp3) is 0.350. The van der Waals surface area contributed by atoms with Crippen LogP contribution in [0.2, 0.25) is 0 Å². The van der Waals surface area contributed by atoms with Gasteiger partial charge in [0.15, 0.2) is 6.10 Å². The number of carbonyl (C=O) groups is 1. The van der Waals surface area contributed by atoms with Crippen LogP contribution in [0.3, 0.4) is 0 Å². The molecule has 23 heavy (non-hydrogen) atoms. The highest BCUT2D eigenvalue weighted by molar-refractivity contribution is 5.81. The molecule has 0 radical (unpaired) electrons. The number of carbonyl (C=O) groups excluding carboxylic acids is 1. The molecular weight excluding hydrogens is 286 g/mol. The Morgan fingerprint density at radius 1 is 0.913 bits per heavy atom. The number of ether oxygens (including phenoxy) is 1. The summed E-state index contributed by atoms with van der Waals surface area (Å²) >= 11 is 0. The minimum absolute atomic E-state index is 0.0462. The van der Waals surface area contributed by atoms with Crippen molar-refractivity contribution in [3.05, 3.63) is 65.7 Å². The summed E-state index contributed by atoms with van der Waals surface area (Å²) in [6.07, 6.45) is -0.541. The van der Waals surface area contributed by atoms with Gasteiger partial charge in [0.2, 0.25) is 0 Å². The first-order valence-corrected chi connectivity index (χ1v) is 8.10. The van der Waals surface area contributed by atoms with E-state index >= 15 is 0 Å². The molecule has 122 valence electrons. The van der Waals surface area contributed by atoms with Gasteiger partial charge in [0.25, 0.3) is 5.91 Å². The van der Waals surface area contributed by atoms with E-state index in [-0.39, 0.29) is 11.9 Å². The summed E-state index contributed by atoms with van der Waals surface area (Å²) in [6.45, 7) is 7.99. The summed E-state index contributed by atoms with van der Waals surface area (Å²) in [5.74, 6) is 1.02. The molecule has 0 fully saturated rings. The smallest absolute Gasteiger partial charge is 0.261 e. The Morgan fingerprint density at radius 2 is 1.52 bits per heavy atom. The molecule has 0 bridgehead atoms. The van der Waals surface area contributed by atoms with E-state index in [0.717, 1.165) is 16.9 Å². The van der Waals surface area contributed by atoms with Crippen molar-refractivity contribution in [3.63, 3.8) is 0 Å². The van der Waals surface area contributed by atoms with Crippen LogP contribution in [0.1, 0.15) is 50.8 Å². The standard InChI is InChI=1S/C20H25NO2/c1-14(2)18-12-8-9-13-19(18)23-16(4)20(22)21-15(3)17-10-6-5-7-11-17/h5-16H,1-4H3,(H,21,22)/t15-,16+/m0/s1. The topological polar surface area (TPSA) is 38.3 Å². The van der Waals surface area contributed by atoms with Gasteiger partial charge in [-0.3, -0.25) is 4.79 Å². The molecule has 0 spiro atoms. The summed E-state index contributed by atoms with van der Waals surface area (Å²) < 4.78 is 5.89. The van der Waals surface area contributed by atoms with E-state index in [1.807, 2.05) is 61.5 Å². The molecule has 1 N–H and O–H groups in total. The quantitative estimate of drug-likeness (QED) is 0.855. The summed E-state index contributed by atoms with van der Waals surface area (Å²) in [7, 11) is 0. The van der Waals surface area contributed by atoms with E-state index in [2.05, 4.69) is 19.2 Å². The van der Waals surface area contributed by atoms with Crippen LogP contribution in [0.5, 0.6) is 5.75 Å². The highest BCUT2D eigenvalue weighted by Gasteiger charge is 2.19. The van der Waals surface area contributed by atoms with Gasteiger partial charge in [-0.2, -0.15) is 0 Å². The van der Waals surface area contributed by atoms with Crippen LogP contribution in [0.25, 0.3) is 0 Å². The lowest BCUT2D eigenvalue weighted by Crippen LogP contribution is -2.37. The molecule has 0 aliphatic rings. The Kier molecular flexibility index (Phi) is 5.80. The number of amides is 1. The van der Waals surface area contributed by atoms with Crippen molar-refractivity contribution in [3.8, 4) is 5.75 Å². The van der Waals surface area contributed by atoms with Gasteiger partial charge >= 0.3 is 0 Å². The molecule has 1 amide bonds. The van der Waals surface area contributed by atoms with Gasteiger partial charge in [0.05, 0.1) is 6.04 Å². The van der Waals surface area contributed by atoms with Gasteiger partial charge in [-0.1, -0.05) is 62.4 Å². The molecule has 2 rings (SSSR count). The Balaban J connectivity index is 2.01. The first-order chi connectivity index (χ1) is 11.0. The molecule has 0 heterocycles. The van der Waals surface area contributed by atoms with Crippen molar-refractivity contribution in [1.82, 2.24) is 5.32 Å². The Hall–Kier alpha value is -2.29. The van der Waals surface area contributed by atoms with Crippen molar-refractivity contribution < 1.29 is 9.53 Å². The van der Waals surface area contributed by atoms with Gasteiger partial charge < -0.3 is 10.1 Å². The maximum Gasteiger partial charge on any atom is 0.261 e. The first-order valence-electron chi connectivity index (χ1n) is 8.10. The van der Waals surface area contributed by atoms with E-state index in [1.54, 1.807) is 6.92 Å². The summed E-state index contributed by atoms with van der Waals surface area (Å²) in [5, 5.41) is 3.00. The van der Waals surface area contributed by atoms with Crippen LogP contribution in [-0.2, 0) is 4.79 Å². The van der Waals surface area contributed by atoms with E-state index in [9.17, 15) is 4.79 Å². The normalized spacial score (nSPS) is 13.4. The fourth-order valence-electron chi connectivity index (χ4n) is 2.46. The predicted molar refractivity (Wildman–Crippen MR) is 93.6 cm³/mol. The maximum atomic E-state index is 12.4. The number of para-hydroxylation sites is 1. The van der Waals surface area contributed by atoms with Crippen molar-refractivity contribution in [2.24, 2.45) is 0 Å². The highest BCUT2D eigenvalue weighted by atomic mass is 16.5. The second-order valence-electron chi connectivity index (χ2n) is 6.09. The zero-order valence-corrected chi connectivity index (χ0v) is 14.2. The lowest BCUT2D eigenvalue weighted by atomic mass is 10.0. The van der Waals surface area contributed by atoms with Gasteiger partial charge in [-0.15, -0.1) is 0 Å². The van der Waals surface area contributed by atoms with Crippen molar-refractivity contribution in [2.75, 3.05) is 0 Å². The summed E-state index contributed by atoms with van der Waals surface area (Å²) in [4.78, 5) is 12.4. The predicted octanol–water partition coefficient (Wildman–Crippen LogP) is 4.45. The molecule has 3 nitrogen and oxygen atoms in total. The van der Waals surface area contributed by atoms with Gasteiger partial charge in [-0.25, -0.2) is 0 Å². The molecule has 0 unspecified atom stereocenters. The molecule has 0 aliphatic carbocycles. The van der Waals surface area contributed by atoms with Crippen molar-refractivity contribution >= 4 is 5.91 Å². The monoisotopic (exact) mass is 311 g/mol. The molecular formula is C20H25NO2. The van der Waals surface area contributed by atoms with Crippen LogP contribution >= 0.6 is 0 Å². The van der Waals surface area contributed by atoms with Crippen LogP contribution in [0, 0.1) is 0 Å². The van der Waals surface area contributed by atoms with E-state index < -0.39 is 6.10 Å². The third-order valence-electron chi connectivity index (χ3n) is 3.87. The highest BCUT2D eigenvalue weighted by Crippen LogP contribution is 2.26. The minimum Gasteiger partial charge on any atom is -0.481 e. The number of nitrogens with one attached hydrogen (secondary N) is 1. The van der Waals surface area contributed by atoms with Crippen molar-refractivity contribution in [1.29, 1.82) is 0 Å². The number of benzene rings is 2.